The number of esters is 1. The molecule has 122 valence electrons. The van der Waals surface area contributed by atoms with Crippen molar-refractivity contribution in [1.82, 2.24) is 0 Å². The minimum Gasteiger partial charge on any atom is -0.462 e. The van der Waals surface area contributed by atoms with Crippen LogP contribution in [-0.2, 0) is 14.8 Å². The van der Waals surface area contributed by atoms with Crippen molar-refractivity contribution in [2.45, 2.75) is 25.7 Å². The summed E-state index contributed by atoms with van der Waals surface area (Å²) >= 11 is 0. The van der Waals surface area contributed by atoms with Crippen molar-refractivity contribution in [3.05, 3.63) is 59.2 Å². The number of aryl methyl sites for hydroxylation is 2. The van der Waals surface area contributed by atoms with E-state index in [9.17, 15) is 13.2 Å². The van der Waals surface area contributed by atoms with E-state index < -0.39 is 16.0 Å². The first-order chi connectivity index (χ1) is 10.8. The van der Waals surface area contributed by atoms with Gasteiger partial charge >= 0.3 is 5.97 Å². The summed E-state index contributed by atoms with van der Waals surface area (Å²) in [4.78, 5) is 11.9. The zero-order valence-corrected chi connectivity index (χ0v) is 14.1. The van der Waals surface area contributed by atoms with Gasteiger partial charge in [-0.1, -0.05) is 12.1 Å². The van der Waals surface area contributed by atoms with E-state index in [0.29, 0.717) is 11.3 Å². The minimum absolute atomic E-state index is 0.183. The zero-order valence-electron chi connectivity index (χ0n) is 13.3. The molecule has 0 unspecified atom stereocenters. The molecule has 0 spiro atoms. The number of carbonyl (C=O) groups excluding carboxylic acids is 1. The Kier molecular flexibility index (Phi) is 5.05. The SMILES string of the molecule is CCOC(=O)c1cccc(NS(=O)(=O)c2ccc(C)c(C)c2)c1. The molecule has 0 aliphatic carbocycles. The maximum atomic E-state index is 12.4. The standard InChI is InChI=1S/C17H19NO4S/c1-4-22-17(19)14-6-5-7-15(11-14)18-23(20,21)16-9-8-12(2)13(3)10-16/h5-11,18H,4H2,1-3H3. The van der Waals surface area contributed by atoms with E-state index in [1.54, 1.807) is 43.3 Å². The molecule has 0 aromatic heterocycles. The topological polar surface area (TPSA) is 72.5 Å². The van der Waals surface area contributed by atoms with Gasteiger partial charge in [0.15, 0.2) is 0 Å². The molecule has 1 N–H and O–H groups in total. The second kappa shape index (κ2) is 6.83. The first-order valence-corrected chi connectivity index (χ1v) is 8.69. The van der Waals surface area contributed by atoms with Gasteiger partial charge in [-0.2, -0.15) is 0 Å². The van der Waals surface area contributed by atoms with Gasteiger partial charge in [-0.3, -0.25) is 4.72 Å². The van der Waals surface area contributed by atoms with Crippen LogP contribution in [0.2, 0.25) is 0 Å². The average molecular weight is 333 g/mol. The first-order valence-electron chi connectivity index (χ1n) is 7.21. The molecule has 2 aromatic carbocycles. The Balaban J connectivity index is 2.28. The van der Waals surface area contributed by atoms with Gasteiger partial charge in [0.25, 0.3) is 10.0 Å². The molecular formula is C17H19NO4S. The molecule has 2 aromatic rings. The van der Waals surface area contributed by atoms with E-state index in [-0.39, 0.29) is 11.5 Å². The fraction of sp³-hybridized carbons (Fsp3) is 0.235. The highest BCUT2D eigenvalue weighted by Crippen LogP contribution is 2.20. The number of hydrogen-bond acceptors (Lipinski definition) is 4. The Hall–Kier alpha value is -2.34. The van der Waals surface area contributed by atoms with Gasteiger partial charge in [-0.25, -0.2) is 13.2 Å². The summed E-state index contributed by atoms with van der Waals surface area (Å²) in [6.07, 6.45) is 0. The summed E-state index contributed by atoms with van der Waals surface area (Å²) in [6.45, 7) is 5.75. The second-order valence-corrected chi connectivity index (χ2v) is 6.84. The Morgan fingerprint density at radius 3 is 2.48 bits per heavy atom. The van der Waals surface area contributed by atoms with Crippen LogP contribution in [0.15, 0.2) is 47.4 Å². The van der Waals surface area contributed by atoms with Crippen LogP contribution in [0.4, 0.5) is 5.69 Å². The van der Waals surface area contributed by atoms with Crippen molar-refractivity contribution in [2.75, 3.05) is 11.3 Å². The zero-order chi connectivity index (χ0) is 17.0. The van der Waals surface area contributed by atoms with Gasteiger partial charge < -0.3 is 4.74 Å². The molecule has 0 saturated heterocycles. The lowest BCUT2D eigenvalue weighted by molar-refractivity contribution is 0.0526. The third-order valence-corrected chi connectivity index (χ3v) is 4.79. The number of carbonyl (C=O) groups is 1. The highest BCUT2D eigenvalue weighted by molar-refractivity contribution is 7.92. The quantitative estimate of drug-likeness (QED) is 0.852. The second-order valence-electron chi connectivity index (χ2n) is 5.15. The number of nitrogens with one attached hydrogen (secondary N) is 1. The molecule has 0 saturated carbocycles. The number of benzene rings is 2. The van der Waals surface area contributed by atoms with Gasteiger partial charge in [-0.05, 0) is 62.2 Å². The summed E-state index contributed by atoms with van der Waals surface area (Å²) in [7, 11) is -3.71. The van der Waals surface area contributed by atoms with Crippen LogP contribution in [-0.4, -0.2) is 21.0 Å². The summed E-state index contributed by atoms with van der Waals surface area (Å²) < 4.78 is 32.3. The summed E-state index contributed by atoms with van der Waals surface area (Å²) in [5, 5.41) is 0. The molecule has 0 aliphatic heterocycles. The van der Waals surface area contributed by atoms with Gasteiger partial charge in [0.2, 0.25) is 0 Å². The number of ether oxygens (including phenoxy) is 1. The Labute approximate surface area is 136 Å². The molecular weight excluding hydrogens is 314 g/mol. The molecule has 23 heavy (non-hydrogen) atoms. The number of hydrogen-bond donors (Lipinski definition) is 1. The third-order valence-electron chi connectivity index (χ3n) is 3.41. The van der Waals surface area contributed by atoms with Crippen LogP contribution in [0.1, 0.15) is 28.4 Å². The fourth-order valence-corrected chi connectivity index (χ4v) is 3.15. The first kappa shape index (κ1) is 17.0. The van der Waals surface area contributed by atoms with E-state index in [0.717, 1.165) is 11.1 Å². The Bertz CT molecular complexity index is 828. The van der Waals surface area contributed by atoms with Gasteiger partial charge in [0, 0.05) is 5.69 Å². The van der Waals surface area contributed by atoms with E-state index in [1.165, 1.54) is 6.07 Å². The maximum Gasteiger partial charge on any atom is 0.338 e. The van der Waals surface area contributed by atoms with Crippen molar-refractivity contribution in [3.8, 4) is 0 Å². The van der Waals surface area contributed by atoms with Crippen molar-refractivity contribution in [3.63, 3.8) is 0 Å². The van der Waals surface area contributed by atoms with Gasteiger partial charge in [0.1, 0.15) is 0 Å². The number of sulfonamides is 1. The molecule has 5 nitrogen and oxygen atoms in total. The molecule has 0 amide bonds. The van der Waals surface area contributed by atoms with Crippen molar-refractivity contribution >= 4 is 21.7 Å². The summed E-state index contributed by atoms with van der Waals surface area (Å²) in [5.41, 5.74) is 2.53. The highest BCUT2D eigenvalue weighted by Gasteiger charge is 2.16. The average Bonchev–Trinajstić information content (AvgIpc) is 2.50. The summed E-state index contributed by atoms with van der Waals surface area (Å²) in [6, 6.07) is 11.2. The van der Waals surface area contributed by atoms with Crippen LogP contribution in [0.25, 0.3) is 0 Å². The molecule has 0 bridgehead atoms. The van der Waals surface area contributed by atoms with Crippen LogP contribution in [0, 0.1) is 13.8 Å². The lowest BCUT2D eigenvalue weighted by atomic mass is 10.1. The third kappa shape index (κ3) is 4.10. The number of anilines is 1. The summed E-state index contributed by atoms with van der Waals surface area (Å²) in [5.74, 6) is -0.486. The van der Waals surface area contributed by atoms with E-state index in [4.69, 9.17) is 4.74 Å². The minimum atomic E-state index is -3.71. The lowest BCUT2D eigenvalue weighted by Gasteiger charge is -2.10. The smallest absolute Gasteiger partial charge is 0.338 e. The Morgan fingerprint density at radius 2 is 1.83 bits per heavy atom. The van der Waals surface area contributed by atoms with E-state index in [2.05, 4.69) is 4.72 Å². The molecule has 2 rings (SSSR count). The van der Waals surface area contributed by atoms with Crippen molar-refractivity contribution < 1.29 is 17.9 Å². The van der Waals surface area contributed by atoms with Crippen LogP contribution in [0.5, 0.6) is 0 Å². The van der Waals surface area contributed by atoms with E-state index in [1.807, 2.05) is 13.8 Å². The molecule has 0 fully saturated rings. The predicted molar refractivity (Wildman–Crippen MR) is 89.1 cm³/mol. The predicted octanol–water partition coefficient (Wildman–Crippen LogP) is 3.28. The van der Waals surface area contributed by atoms with E-state index >= 15 is 0 Å². The van der Waals surface area contributed by atoms with Gasteiger partial charge in [-0.15, -0.1) is 0 Å². The van der Waals surface area contributed by atoms with Gasteiger partial charge in [0.05, 0.1) is 17.1 Å². The molecule has 0 aliphatic rings. The highest BCUT2D eigenvalue weighted by atomic mass is 32.2. The van der Waals surface area contributed by atoms with Crippen molar-refractivity contribution in [1.29, 1.82) is 0 Å². The fourth-order valence-electron chi connectivity index (χ4n) is 2.02. The normalized spacial score (nSPS) is 11.1. The molecule has 6 heteroatoms. The molecule has 0 heterocycles. The lowest BCUT2D eigenvalue weighted by Crippen LogP contribution is -2.14. The van der Waals surface area contributed by atoms with Crippen LogP contribution < -0.4 is 4.72 Å². The monoisotopic (exact) mass is 333 g/mol. The van der Waals surface area contributed by atoms with Crippen molar-refractivity contribution in [2.24, 2.45) is 0 Å². The molecule has 0 radical (unpaired) electrons. The molecule has 0 atom stereocenters. The van der Waals surface area contributed by atoms with Crippen LogP contribution in [0.3, 0.4) is 0 Å². The largest absolute Gasteiger partial charge is 0.462 e. The van der Waals surface area contributed by atoms with Crippen LogP contribution >= 0.6 is 0 Å². The Morgan fingerprint density at radius 1 is 1.09 bits per heavy atom. The number of rotatable bonds is 5. The maximum absolute atomic E-state index is 12.4.